The fourth-order valence-corrected chi connectivity index (χ4v) is 2.27. The van der Waals surface area contributed by atoms with Gasteiger partial charge >= 0.3 is 0 Å². The number of carbonyl (C=O) groups is 1. The van der Waals surface area contributed by atoms with E-state index in [9.17, 15) is 4.79 Å². The SMILES string of the molecule is CC[C@H](Oc1cccc(C)c1)C(=O)NCCOc1ccc(C)cc1. The molecule has 24 heavy (non-hydrogen) atoms. The Labute approximate surface area is 143 Å². The molecule has 0 aromatic heterocycles. The Balaban J connectivity index is 1.76. The van der Waals surface area contributed by atoms with Gasteiger partial charge in [0.1, 0.15) is 18.1 Å². The summed E-state index contributed by atoms with van der Waals surface area (Å²) in [6.45, 7) is 6.83. The van der Waals surface area contributed by atoms with Gasteiger partial charge in [0.2, 0.25) is 0 Å². The maximum absolute atomic E-state index is 12.2. The second kappa shape index (κ2) is 8.96. The number of aryl methyl sites for hydroxylation is 2. The van der Waals surface area contributed by atoms with Crippen molar-refractivity contribution < 1.29 is 14.3 Å². The van der Waals surface area contributed by atoms with E-state index in [0.29, 0.717) is 25.3 Å². The van der Waals surface area contributed by atoms with Crippen molar-refractivity contribution >= 4 is 5.91 Å². The lowest BCUT2D eigenvalue weighted by molar-refractivity contribution is -0.128. The number of ether oxygens (including phenoxy) is 2. The molecule has 1 atom stereocenters. The highest BCUT2D eigenvalue weighted by atomic mass is 16.5. The number of carbonyl (C=O) groups excluding carboxylic acids is 1. The zero-order valence-electron chi connectivity index (χ0n) is 14.5. The quantitative estimate of drug-likeness (QED) is 0.753. The third kappa shape index (κ3) is 5.61. The van der Waals surface area contributed by atoms with Gasteiger partial charge in [-0.15, -0.1) is 0 Å². The Kier molecular flexibility index (Phi) is 6.67. The van der Waals surface area contributed by atoms with Gasteiger partial charge in [-0.2, -0.15) is 0 Å². The van der Waals surface area contributed by atoms with Gasteiger partial charge in [-0.05, 0) is 50.1 Å². The molecule has 0 spiro atoms. The van der Waals surface area contributed by atoms with Gasteiger partial charge in [-0.3, -0.25) is 4.79 Å². The van der Waals surface area contributed by atoms with E-state index in [1.54, 1.807) is 0 Å². The fraction of sp³-hybridized carbons (Fsp3) is 0.350. The molecule has 1 N–H and O–H groups in total. The second-order valence-corrected chi connectivity index (χ2v) is 5.78. The predicted molar refractivity (Wildman–Crippen MR) is 95.6 cm³/mol. The van der Waals surface area contributed by atoms with E-state index in [1.807, 2.05) is 69.3 Å². The molecule has 0 radical (unpaired) electrons. The van der Waals surface area contributed by atoms with Crippen LogP contribution in [-0.2, 0) is 4.79 Å². The first kappa shape index (κ1) is 17.9. The lowest BCUT2D eigenvalue weighted by Gasteiger charge is -2.17. The predicted octanol–water partition coefficient (Wildman–Crippen LogP) is 3.66. The smallest absolute Gasteiger partial charge is 0.261 e. The molecule has 0 aliphatic carbocycles. The summed E-state index contributed by atoms with van der Waals surface area (Å²) in [5.74, 6) is 1.40. The second-order valence-electron chi connectivity index (χ2n) is 5.78. The Hall–Kier alpha value is -2.49. The van der Waals surface area contributed by atoms with Crippen LogP contribution in [0.15, 0.2) is 48.5 Å². The standard InChI is InChI=1S/C20H25NO3/c1-4-19(24-18-7-5-6-16(3)14-18)20(22)21-12-13-23-17-10-8-15(2)9-11-17/h5-11,14,19H,4,12-13H2,1-3H3,(H,21,22)/t19-/m0/s1. The summed E-state index contributed by atoms with van der Waals surface area (Å²) in [5, 5.41) is 2.86. The molecular formula is C20H25NO3. The monoisotopic (exact) mass is 327 g/mol. The number of hydrogen-bond acceptors (Lipinski definition) is 3. The van der Waals surface area contributed by atoms with Crippen LogP contribution >= 0.6 is 0 Å². The normalized spacial score (nSPS) is 11.6. The Morgan fingerprint density at radius 1 is 1.04 bits per heavy atom. The highest BCUT2D eigenvalue weighted by molar-refractivity contribution is 5.81. The summed E-state index contributed by atoms with van der Waals surface area (Å²) >= 11 is 0. The highest BCUT2D eigenvalue weighted by Gasteiger charge is 2.17. The Morgan fingerprint density at radius 2 is 1.79 bits per heavy atom. The minimum absolute atomic E-state index is 0.119. The minimum atomic E-state index is -0.494. The molecule has 0 bridgehead atoms. The van der Waals surface area contributed by atoms with Crippen molar-refractivity contribution in [2.24, 2.45) is 0 Å². The van der Waals surface area contributed by atoms with Crippen molar-refractivity contribution in [2.75, 3.05) is 13.2 Å². The maximum Gasteiger partial charge on any atom is 0.261 e. The van der Waals surface area contributed by atoms with E-state index in [1.165, 1.54) is 5.56 Å². The minimum Gasteiger partial charge on any atom is -0.492 e. The van der Waals surface area contributed by atoms with Crippen LogP contribution in [0, 0.1) is 13.8 Å². The van der Waals surface area contributed by atoms with Gasteiger partial charge in [0, 0.05) is 0 Å². The van der Waals surface area contributed by atoms with Crippen molar-refractivity contribution in [3.05, 3.63) is 59.7 Å². The van der Waals surface area contributed by atoms with Crippen LogP contribution in [0.1, 0.15) is 24.5 Å². The van der Waals surface area contributed by atoms with E-state index in [2.05, 4.69) is 5.32 Å². The molecule has 4 nitrogen and oxygen atoms in total. The van der Waals surface area contributed by atoms with Crippen molar-refractivity contribution in [1.29, 1.82) is 0 Å². The lowest BCUT2D eigenvalue weighted by atomic mass is 10.2. The van der Waals surface area contributed by atoms with Gasteiger partial charge < -0.3 is 14.8 Å². The summed E-state index contributed by atoms with van der Waals surface area (Å²) in [6.07, 6.45) is 0.115. The van der Waals surface area contributed by atoms with Crippen molar-refractivity contribution in [3.63, 3.8) is 0 Å². The fourth-order valence-electron chi connectivity index (χ4n) is 2.27. The van der Waals surface area contributed by atoms with Gasteiger partial charge in [-0.1, -0.05) is 36.8 Å². The zero-order chi connectivity index (χ0) is 17.4. The van der Waals surface area contributed by atoms with E-state index < -0.39 is 6.10 Å². The van der Waals surface area contributed by atoms with Gasteiger partial charge in [0.25, 0.3) is 5.91 Å². The number of hydrogen-bond donors (Lipinski definition) is 1. The number of rotatable bonds is 8. The molecule has 0 saturated carbocycles. The topological polar surface area (TPSA) is 47.6 Å². The molecule has 1 amide bonds. The first-order valence-corrected chi connectivity index (χ1v) is 8.29. The largest absolute Gasteiger partial charge is 0.492 e. The van der Waals surface area contributed by atoms with Crippen molar-refractivity contribution in [3.8, 4) is 11.5 Å². The van der Waals surface area contributed by atoms with Crippen LogP contribution in [0.4, 0.5) is 0 Å². The van der Waals surface area contributed by atoms with E-state index in [4.69, 9.17) is 9.47 Å². The zero-order valence-corrected chi connectivity index (χ0v) is 14.5. The van der Waals surface area contributed by atoms with E-state index >= 15 is 0 Å². The molecule has 0 unspecified atom stereocenters. The molecule has 0 heterocycles. The van der Waals surface area contributed by atoms with Crippen molar-refractivity contribution in [2.45, 2.75) is 33.3 Å². The Bertz CT molecular complexity index is 652. The third-order valence-corrected chi connectivity index (χ3v) is 3.62. The molecule has 0 aliphatic heterocycles. The van der Waals surface area contributed by atoms with E-state index in [0.717, 1.165) is 11.3 Å². The van der Waals surface area contributed by atoms with Gasteiger partial charge in [0.15, 0.2) is 6.10 Å². The molecule has 0 aliphatic rings. The van der Waals surface area contributed by atoms with E-state index in [-0.39, 0.29) is 5.91 Å². The molecule has 0 fully saturated rings. The summed E-state index contributed by atoms with van der Waals surface area (Å²) in [6, 6.07) is 15.5. The van der Waals surface area contributed by atoms with Crippen LogP contribution in [-0.4, -0.2) is 25.2 Å². The van der Waals surface area contributed by atoms with Crippen LogP contribution < -0.4 is 14.8 Å². The number of nitrogens with one attached hydrogen (secondary N) is 1. The van der Waals surface area contributed by atoms with Crippen LogP contribution in [0.5, 0.6) is 11.5 Å². The number of benzene rings is 2. The van der Waals surface area contributed by atoms with Gasteiger partial charge in [0.05, 0.1) is 6.54 Å². The third-order valence-electron chi connectivity index (χ3n) is 3.62. The van der Waals surface area contributed by atoms with Crippen molar-refractivity contribution in [1.82, 2.24) is 5.32 Å². The maximum atomic E-state index is 12.2. The Morgan fingerprint density at radius 3 is 2.46 bits per heavy atom. The van der Waals surface area contributed by atoms with Crippen LogP contribution in [0.2, 0.25) is 0 Å². The first-order valence-electron chi connectivity index (χ1n) is 8.29. The summed E-state index contributed by atoms with van der Waals surface area (Å²) in [4.78, 5) is 12.2. The molecule has 0 saturated heterocycles. The summed E-state index contributed by atoms with van der Waals surface area (Å²) in [7, 11) is 0. The lowest BCUT2D eigenvalue weighted by Crippen LogP contribution is -2.39. The molecule has 2 rings (SSSR count). The average molecular weight is 327 g/mol. The number of amides is 1. The first-order chi connectivity index (χ1) is 11.6. The highest BCUT2D eigenvalue weighted by Crippen LogP contribution is 2.15. The molecule has 2 aromatic rings. The molecule has 2 aromatic carbocycles. The van der Waals surface area contributed by atoms with Crippen LogP contribution in [0.3, 0.4) is 0 Å². The van der Waals surface area contributed by atoms with Crippen LogP contribution in [0.25, 0.3) is 0 Å². The van der Waals surface area contributed by atoms with Gasteiger partial charge in [-0.25, -0.2) is 0 Å². The summed E-state index contributed by atoms with van der Waals surface area (Å²) < 4.78 is 11.4. The molecular weight excluding hydrogens is 302 g/mol. The molecule has 128 valence electrons. The summed E-state index contributed by atoms with van der Waals surface area (Å²) in [5.41, 5.74) is 2.30. The molecule has 4 heteroatoms. The average Bonchev–Trinajstić information content (AvgIpc) is 2.58.